The monoisotopic (exact) mass is 1110 g/mol. The van der Waals surface area contributed by atoms with Crippen molar-refractivity contribution in [3.8, 4) is 0 Å². The molecule has 0 aromatic rings. The number of phosphoric acid groups is 1. The number of aliphatic hydroxyl groups excluding tert-OH is 1. The van der Waals surface area contributed by atoms with Gasteiger partial charge < -0.3 is 24.2 Å². The van der Waals surface area contributed by atoms with Crippen LogP contribution in [0.25, 0.3) is 0 Å². The molecule has 0 fully saturated rings. The second-order valence-corrected chi connectivity index (χ2v) is 22.3. The summed E-state index contributed by atoms with van der Waals surface area (Å²) in [5, 5.41) is 9.84. The molecule has 3 atom stereocenters. The highest BCUT2D eigenvalue weighted by Gasteiger charge is 2.28. The highest BCUT2D eigenvalue weighted by Crippen LogP contribution is 2.43. The lowest BCUT2D eigenvalue weighted by molar-refractivity contribution is -0.161. The number of carbonyl (C=O) groups excluding carboxylic acids is 3. The van der Waals surface area contributed by atoms with Gasteiger partial charge in [-0.05, 0) is 116 Å². The Morgan fingerprint density at radius 2 is 0.667 bits per heavy atom. The van der Waals surface area contributed by atoms with Crippen LogP contribution >= 0.6 is 7.82 Å². The molecule has 11 nitrogen and oxygen atoms in total. The van der Waals surface area contributed by atoms with Gasteiger partial charge in [0.15, 0.2) is 6.10 Å². The highest BCUT2D eigenvalue weighted by atomic mass is 31.2. The van der Waals surface area contributed by atoms with Gasteiger partial charge >= 0.3 is 25.7 Å². The van der Waals surface area contributed by atoms with Crippen molar-refractivity contribution < 1.29 is 52.2 Å². The summed E-state index contributed by atoms with van der Waals surface area (Å²) in [6.07, 6.45) is 69.6. The molecule has 0 aliphatic heterocycles. The summed E-state index contributed by atoms with van der Waals surface area (Å²) in [6.45, 7) is 4.49. The SMILES string of the molecule is CC/C=C\C/C=C\C/C=C\C/C=C\CCCCCCC(=O)OCC(COP(=O)(O)OCC(CO)OC(=O)CCCCCCC/C=C\CCCCCCCC)OC(=O)CCCCCCCCCCC/C=C\C/C=C\CCCCC. The number of esters is 3. The van der Waals surface area contributed by atoms with E-state index in [4.69, 9.17) is 23.3 Å². The molecule has 0 aromatic carbocycles. The highest BCUT2D eigenvalue weighted by molar-refractivity contribution is 7.47. The van der Waals surface area contributed by atoms with Crippen molar-refractivity contribution in [1.29, 1.82) is 0 Å². The van der Waals surface area contributed by atoms with E-state index >= 15 is 0 Å². The standard InChI is InChI=1S/C66H115O11P/c1-4-7-10-13-16-19-22-25-28-30-31-33-36-39-42-45-48-51-54-57-66(70)77-63(59-73-64(68)55-52-49-46-43-40-37-35-32-29-26-23-20-17-14-11-8-5-2)61-75-78(71,72)74-60-62(58-67)76-65(69)56-53-50-47-44-41-38-34-27-24-21-18-15-12-9-6-3/h8,11,16-17,19-20,25-29,34-35,37,62-63,67H,4-7,9-10,12-15,18,21-24,30-33,36,38-61H2,1-3H3,(H,71,72)/b11-8-,19-16-,20-17-,28-25-,29-26-,34-27-,37-35-. The lowest BCUT2D eigenvalue weighted by Gasteiger charge is -2.21. The number of carbonyl (C=O) groups is 3. The molecule has 12 heteroatoms. The van der Waals surface area contributed by atoms with E-state index < -0.39 is 57.8 Å². The van der Waals surface area contributed by atoms with Gasteiger partial charge in [0.05, 0.1) is 19.8 Å². The fourth-order valence-electron chi connectivity index (χ4n) is 8.49. The minimum Gasteiger partial charge on any atom is -0.462 e. The maximum Gasteiger partial charge on any atom is 0.472 e. The summed E-state index contributed by atoms with van der Waals surface area (Å²) in [5.74, 6) is -1.50. The van der Waals surface area contributed by atoms with E-state index in [-0.39, 0.29) is 25.9 Å². The molecule has 0 aliphatic rings. The summed E-state index contributed by atoms with van der Waals surface area (Å²) >= 11 is 0. The van der Waals surface area contributed by atoms with Crippen LogP contribution in [0.1, 0.15) is 278 Å². The number of hydrogen-bond acceptors (Lipinski definition) is 10. The molecule has 0 saturated heterocycles. The van der Waals surface area contributed by atoms with Crippen molar-refractivity contribution in [3.63, 3.8) is 0 Å². The van der Waals surface area contributed by atoms with Gasteiger partial charge in [-0.25, -0.2) is 4.57 Å². The first-order chi connectivity index (χ1) is 38.2. The Labute approximate surface area is 477 Å². The van der Waals surface area contributed by atoms with E-state index in [1.54, 1.807) is 0 Å². The Kier molecular flexibility index (Phi) is 57.2. The van der Waals surface area contributed by atoms with E-state index in [0.29, 0.717) is 19.3 Å². The van der Waals surface area contributed by atoms with E-state index in [1.165, 1.54) is 96.3 Å². The van der Waals surface area contributed by atoms with Crippen molar-refractivity contribution in [2.45, 2.75) is 290 Å². The summed E-state index contributed by atoms with van der Waals surface area (Å²) in [4.78, 5) is 48.7. The van der Waals surface area contributed by atoms with Crippen LogP contribution in [0.5, 0.6) is 0 Å². The molecule has 0 amide bonds. The fourth-order valence-corrected chi connectivity index (χ4v) is 9.27. The molecule has 0 saturated carbocycles. The smallest absolute Gasteiger partial charge is 0.462 e. The van der Waals surface area contributed by atoms with E-state index in [1.807, 2.05) is 0 Å². The number of ether oxygens (including phenoxy) is 3. The first kappa shape index (κ1) is 74.7. The molecular formula is C66H115O11P. The van der Waals surface area contributed by atoms with Crippen LogP contribution in [0.3, 0.4) is 0 Å². The lowest BCUT2D eigenvalue weighted by Crippen LogP contribution is -2.30. The lowest BCUT2D eigenvalue weighted by atomic mass is 10.1. The van der Waals surface area contributed by atoms with Gasteiger partial charge in [0.2, 0.25) is 0 Å². The molecule has 0 aliphatic carbocycles. The number of phosphoric ester groups is 1. The zero-order valence-electron chi connectivity index (χ0n) is 49.9. The second kappa shape index (κ2) is 59.8. The third kappa shape index (κ3) is 57.3. The summed E-state index contributed by atoms with van der Waals surface area (Å²) < 4.78 is 39.6. The van der Waals surface area contributed by atoms with Crippen molar-refractivity contribution in [1.82, 2.24) is 0 Å². The Morgan fingerprint density at radius 3 is 1.06 bits per heavy atom. The van der Waals surface area contributed by atoms with Crippen molar-refractivity contribution >= 4 is 25.7 Å². The number of allylic oxidation sites excluding steroid dienone is 14. The average Bonchev–Trinajstić information content (AvgIpc) is 3.43. The summed E-state index contributed by atoms with van der Waals surface area (Å²) in [5.41, 5.74) is 0. The predicted octanol–water partition coefficient (Wildman–Crippen LogP) is 19.0. The fraction of sp³-hybridized carbons (Fsp3) is 0.742. The van der Waals surface area contributed by atoms with Crippen LogP contribution in [-0.4, -0.2) is 66.5 Å². The third-order valence-electron chi connectivity index (χ3n) is 13.3. The largest absolute Gasteiger partial charge is 0.472 e. The summed E-state index contributed by atoms with van der Waals surface area (Å²) in [7, 11) is -4.76. The second-order valence-electron chi connectivity index (χ2n) is 20.8. The van der Waals surface area contributed by atoms with Crippen LogP contribution < -0.4 is 0 Å². The number of aliphatic hydroxyl groups is 1. The molecule has 0 aromatic heterocycles. The first-order valence-corrected chi connectivity index (χ1v) is 33.0. The van der Waals surface area contributed by atoms with Crippen molar-refractivity contribution in [2.24, 2.45) is 0 Å². The Balaban J connectivity index is 4.76. The predicted molar refractivity (Wildman–Crippen MR) is 325 cm³/mol. The molecule has 0 rings (SSSR count). The van der Waals surface area contributed by atoms with E-state index in [0.717, 1.165) is 122 Å². The molecule has 2 N–H and O–H groups in total. The van der Waals surface area contributed by atoms with Crippen LogP contribution in [0.2, 0.25) is 0 Å². The Hall–Kier alpha value is -3.34. The number of unbranched alkanes of at least 4 members (excludes halogenated alkanes) is 27. The maximum absolute atomic E-state index is 13.0. The van der Waals surface area contributed by atoms with Gasteiger partial charge in [0.25, 0.3) is 0 Å². The van der Waals surface area contributed by atoms with Gasteiger partial charge in [-0.1, -0.05) is 228 Å². The van der Waals surface area contributed by atoms with Crippen LogP contribution in [-0.2, 0) is 42.2 Å². The van der Waals surface area contributed by atoms with Crippen molar-refractivity contribution in [3.05, 3.63) is 85.1 Å². The van der Waals surface area contributed by atoms with Gasteiger partial charge in [-0.3, -0.25) is 23.4 Å². The quantitative estimate of drug-likeness (QED) is 0.0197. The summed E-state index contributed by atoms with van der Waals surface area (Å²) in [6, 6.07) is 0. The molecule has 0 bridgehead atoms. The minimum absolute atomic E-state index is 0.154. The number of rotatable bonds is 58. The van der Waals surface area contributed by atoms with Gasteiger partial charge in [-0.2, -0.15) is 0 Å². The minimum atomic E-state index is -4.76. The average molecular weight is 1120 g/mol. The molecule has 0 spiro atoms. The van der Waals surface area contributed by atoms with Gasteiger partial charge in [0, 0.05) is 19.3 Å². The molecule has 3 unspecified atom stereocenters. The van der Waals surface area contributed by atoms with E-state index in [9.17, 15) is 28.9 Å². The third-order valence-corrected chi connectivity index (χ3v) is 14.2. The van der Waals surface area contributed by atoms with Crippen LogP contribution in [0.4, 0.5) is 0 Å². The Bertz CT molecular complexity index is 1630. The van der Waals surface area contributed by atoms with Crippen LogP contribution in [0.15, 0.2) is 85.1 Å². The molecule has 0 radical (unpaired) electrons. The normalized spacial score (nSPS) is 13.9. The number of hydrogen-bond donors (Lipinski definition) is 2. The molecular weight excluding hydrogens is 1000 g/mol. The topological polar surface area (TPSA) is 155 Å². The van der Waals surface area contributed by atoms with Gasteiger partial charge in [0.1, 0.15) is 12.7 Å². The van der Waals surface area contributed by atoms with Gasteiger partial charge in [-0.15, -0.1) is 0 Å². The van der Waals surface area contributed by atoms with E-state index in [2.05, 4.69) is 106 Å². The zero-order chi connectivity index (χ0) is 56.9. The Morgan fingerprint density at radius 1 is 0.372 bits per heavy atom. The van der Waals surface area contributed by atoms with Crippen LogP contribution in [0, 0.1) is 0 Å². The molecule has 0 heterocycles. The molecule has 78 heavy (non-hydrogen) atoms. The zero-order valence-corrected chi connectivity index (χ0v) is 50.8. The molecule has 450 valence electrons. The first-order valence-electron chi connectivity index (χ1n) is 31.5. The maximum atomic E-state index is 13.0. The van der Waals surface area contributed by atoms with Crippen molar-refractivity contribution in [2.75, 3.05) is 26.4 Å².